The molecule has 0 aliphatic heterocycles. The van der Waals surface area contributed by atoms with Gasteiger partial charge in [-0.3, -0.25) is 4.55 Å². The van der Waals surface area contributed by atoms with Crippen LogP contribution < -0.4 is 0 Å². The van der Waals surface area contributed by atoms with Gasteiger partial charge in [0.15, 0.2) is 12.0 Å². The number of hydrogen-bond donors (Lipinski definition) is 1. The van der Waals surface area contributed by atoms with Gasteiger partial charge in [-0.15, -0.1) is 0 Å². The van der Waals surface area contributed by atoms with Crippen molar-refractivity contribution in [2.24, 2.45) is 0 Å². The van der Waals surface area contributed by atoms with Gasteiger partial charge in [0, 0.05) is 0 Å². The van der Waals surface area contributed by atoms with Crippen LogP contribution in [0.2, 0.25) is 0 Å². The van der Waals surface area contributed by atoms with Crippen LogP contribution in [-0.4, -0.2) is 18.0 Å². The number of benzene rings is 2. The van der Waals surface area contributed by atoms with Gasteiger partial charge in [-0.1, -0.05) is 6.07 Å². The van der Waals surface area contributed by atoms with Crippen LogP contribution in [0.15, 0.2) is 46.0 Å². The molecular weight excluding hydrogens is 242 g/mol. The van der Waals surface area contributed by atoms with E-state index in [2.05, 4.69) is 4.98 Å². The van der Waals surface area contributed by atoms with E-state index in [0.29, 0.717) is 16.5 Å². The summed E-state index contributed by atoms with van der Waals surface area (Å²) in [5.74, 6) is 0. The van der Waals surface area contributed by atoms with Crippen molar-refractivity contribution >= 4 is 32.0 Å². The van der Waals surface area contributed by atoms with Crippen molar-refractivity contribution in [1.82, 2.24) is 4.98 Å². The highest BCUT2D eigenvalue weighted by molar-refractivity contribution is 7.85. The highest BCUT2D eigenvalue weighted by Gasteiger charge is 2.10. The van der Waals surface area contributed by atoms with Crippen LogP contribution in [-0.2, 0) is 10.1 Å². The molecule has 3 aromatic rings. The zero-order valence-electron chi connectivity index (χ0n) is 8.49. The van der Waals surface area contributed by atoms with Gasteiger partial charge in [0.2, 0.25) is 0 Å². The maximum atomic E-state index is 11.0. The number of rotatable bonds is 1. The molecule has 0 atom stereocenters. The maximum Gasteiger partial charge on any atom is 0.294 e. The van der Waals surface area contributed by atoms with Crippen LogP contribution in [0.25, 0.3) is 21.9 Å². The van der Waals surface area contributed by atoms with Crippen molar-refractivity contribution in [2.45, 2.75) is 4.90 Å². The van der Waals surface area contributed by atoms with Crippen LogP contribution in [0.1, 0.15) is 0 Å². The molecular formula is C11H7NO4S. The molecule has 17 heavy (non-hydrogen) atoms. The zero-order valence-corrected chi connectivity index (χ0v) is 9.31. The molecule has 1 aromatic heterocycles. The molecule has 0 fully saturated rings. The van der Waals surface area contributed by atoms with Crippen molar-refractivity contribution in [3.8, 4) is 0 Å². The van der Waals surface area contributed by atoms with Crippen molar-refractivity contribution < 1.29 is 17.4 Å². The molecule has 0 saturated carbocycles. The van der Waals surface area contributed by atoms with Gasteiger partial charge in [-0.2, -0.15) is 8.42 Å². The number of hydrogen-bond acceptors (Lipinski definition) is 4. The standard InChI is InChI=1S/C11H7NO4S/c13-17(14,15)9-2-1-7-4-10-11(16-6-12-10)5-8(7)3-9/h1-6H,(H,13,14,15). The Labute approximate surface area is 96.4 Å². The summed E-state index contributed by atoms with van der Waals surface area (Å²) in [6.45, 7) is 0. The summed E-state index contributed by atoms with van der Waals surface area (Å²) in [7, 11) is -4.18. The lowest BCUT2D eigenvalue weighted by molar-refractivity contribution is 0.483. The van der Waals surface area contributed by atoms with Crippen LogP contribution in [0.5, 0.6) is 0 Å². The molecule has 5 nitrogen and oxygen atoms in total. The Bertz CT molecular complexity index is 820. The van der Waals surface area contributed by atoms with Gasteiger partial charge in [-0.05, 0) is 35.0 Å². The van der Waals surface area contributed by atoms with E-state index >= 15 is 0 Å². The number of oxazole rings is 1. The molecule has 0 aliphatic rings. The summed E-state index contributed by atoms with van der Waals surface area (Å²) in [6, 6.07) is 7.84. The lowest BCUT2D eigenvalue weighted by atomic mass is 10.1. The van der Waals surface area contributed by atoms with E-state index in [9.17, 15) is 8.42 Å². The molecule has 86 valence electrons. The number of nitrogens with zero attached hydrogens (tertiary/aromatic N) is 1. The van der Waals surface area contributed by atoms with E-state index in [-0.39, 0.29) is 4.90 Å². The maximum absolute atomic E-state index is 11.0. The normalized spacial score (nSPS) is 12.3. The first-order valence-electron chi connectivity index (χ1n) is 4.78. The van der Waals surface area contributed by atoms with Gasteiger partial charge in [-0.25, -0.2) is 4.98 Å². The van der Waals surface area contributed by atoms with Crippen LogP contribution in [0.3, 0.4) is 0 Å². The second-order valence-corrected chi connectivity index (χ2v) is 5.08. The monoisotopic (exact) mass is 249 g/mol. The fraction of sp³-hybridized carbons (Fsp3) is 0. The lowest BCUT2D eigenvalue weighted by Gasteiger charge is -2.00. The first-order valence-corrected chi connectivity index (χ1v) is 6.22. The predicted molar refractivity (Wildman–Crippen MR) is 61.3 cm³/mol. The first kappa shape index (κ1) is 10.2. The summed E-state index contributed by atoms with van der Waals surface area (Å²) in [5, 5.41) is 1.50. The van der Waals surface area contributed by atoms with Gasteiger partial charge >= 0.3 is 0 Å². The zero-order chi connectivity index (χ0) is 12.0. The average Bonchev–Trinajstić information content (AvgIpc) is 2.70. The first-order chi connectivity index (χ1) is 8.04. The Kier molecular flexibility index (Phi) is 1.98. The summed E-state index contributed by atoms with van der Waals surface area (Å²) < 4.78 is 36.1. The van der Waals surface area contributed by atoms with Crippen molar-refractivity contribution in [3.05, 3.63) is 36.7 Å². The molecule has 0 spiro atoms. The largest absolute Gasteiger partial charge is 0.443 e. The van der Waals surface area contributed by atoms with E-state index < -0.39 is 10.1 Å². The summed E-state index contributed by atoms with van der Waals surface area (Å²) in [4.78, 5) is 3.87. The number of fused-ring (bicyclic) bond motifs is 2. The Balaban J connectivity index is 2.38. The van der Waals surface area contributed by atoms with Crippen LogP contribution in [0, 0.1) is 0 Å². The van der Waals surface area contributed by atoms with E-state index in [1.165, 1.54) is 18.5 Å². The minimum atomic E-state index is -4.18. The molecule has 3 rings (SSSR count). The SMILES string of the molecule is O=S(=O)(O)c1ccc2cc3ncoc3cc2c1. The summed E-state index contributed by atoms with van der Waals surface area (Å²) >= 11 is 0. The molecule has 2 aromatic carbocycles. The highest BCUT2D eigenvalue weighted by atomic mass is 32.2. The van der Waals surface area contributed by atoms with E-state index in [1.807, 2.05) is 0 Å². The third-order valence-corrected chi connectivity index (χ3v) is 3.41. The molecule has 1 N–H and O–H groups in total. The second kappa shape index (κ2) is 3.28. The Morgan fingerprint density at radius 2 is 1.94 bits per heavy atom. The smallest absolute Gasteiger partial charge is 0.294 e. The van der Waals surface area contributed by atoms with Crippen molar-refractivity contribution in [3.63, 3.8) is 0 Å². The van der Waals surface area contributed by atoms with Gasteiger partial charge in [0.1, 0.15) is 5.52 Å². The second-order valence-electron chi connectivity index (χ2n) is 3.66. The lowest BCUT2D eigenvalue weighted by Crippen LogP contribution is -1.97. The molecule has 0 saturated heterocycles. The molecule has 6 heteroatoms. The fourth-order valence-electron chi connectivity index (χ4n) is 1.74. The van der Waals surface area contributed by atoms with E-state index in [0.717, 1.165) is 5.39 Å². The fourth-order valence-corrected chi connectivity index (χ4v) is 2.25. The Morgan fingerprint density at radius 1 is 1.12 bits per heavy atom. The van der Waals surface area contributed by atoms with Gasteiger partial charge in [0.25, 0.3) is 10.1 Å². The topological polar surface area (TPSA) is 80.4 Å². The third-order valence-electron chi connectivity index (χ3n) is 2.56. The minimum absolute atomic E-state index is 0.135. The van der Waals surface area contributed by atoms with Crippen LogP contribution in [0.4, 0.5) is 0 Å². The Morgan fingerprint density at radius 3 is 2.71 bits per heavy atom. The summed E-state index contributed by atoms with van der Waals surface area (Å²) in [5.41, 5.74) is 1.28. The van der Waals surface area contributed by atoms with Crippen LogP contribution >= 0.6 is 0 Å². The van der Waals surface area contributed by atoms with Gasteiger partial charge < -0.3 is 4.42 Å². The van der Waals surface area contributed by atoms with Crippen molar-refractivity contribution in [2.75, 3.05) is 0 Å². The minimum Gasteiger partial charge on any atom is -0.443 e. The molecule has 0 radical (unpaired) electrons. The van der Waals surface area contributed by atoms with Crippen molar-refractivity contribution in [1.29, 1.82) is 0 Å². The molecule has 0 aliphatic carbocycles. The highest BCUT2D eigenvalue weighted by Crippen LogP contribution is 2.24. The summed E-state index contributed by atoms with van der Waals surface area (Å²) in [6.07, 6.45) is 1.33. The van der Waals surface area contributed by atoms with Gasteiger partial charge in [0.05, 0.1) is 4.90 Å². The molecule has 0 unspecified atom stereocenters. The Hall–Kier alpha value is -1.92. The average molecular weight is 249 g/mol. The molecule has 1 heterocycles. The van der Waals surface area contributed by atoms with E-state index in [1.54, 1.807) is 18.2 Å². The molecule has 0 amide bonds. The van der Waals surface area contributed by atoms with E-state index in [4.69, 9.17) is 8.97 Å². The number of aromatic nitrogens is 1. The predicted octanol–water partition coefficient (Wildman–Crippen LogP) is 2.23. The third kappa shape index (κ3) is 1.67. The molecule has 0 bridgehead atoms. The quantitative estimate of drug-likeness (QED) is 0.669.